The summed E-state index contributed by atoms with van der Waals surface area (Å²) in [5.41, 5.74) is 0.695. The van der Waals surface area contributed by atoms with Crippen molar-refractivity contribution in [2.45, 2.75) is 31.5 Å². The summed E-state index contributed by atoms with van der Waals surface area (Å²) in [5, 5.41) is 3.57. The molecule has 118 valence electrons. The number of benzene rings is 1. The van der Waals surface area contributed by atoms with E-state index in [1.54, 1.807) is 13.2 Å². The molecule has 0 saturated carbocycles. The van der Waals surface area contributed by atoms with Gasteiger partial charge in [0.25, 0.3) is 0 Å². The normalized spacial score (nSPS) is 18.1. The highest BCUT2D eigenvalue weighted by molar-refractivity contribution is 7.15. The number of methoxy groups -OCH3 is 1. The van der Waals surface area contributed by atoms with Crippen LogP contribution in [0.1, 0.15) is 35.1 Å². The van der Waals surface area contributed by atoms with Crippen LogP contribution in [0.4, 0.5) is 24.0 Å². The first-order chi connectivity index (χ1) is 10.5. The minimum Gasteiger partial charge on any atom is -0.376 e. The molecule has 0 radical (unpaired) electrons. The van der Waals surface area contributed by atoms with Gasteiger partial charge in [0.15, 0.2) is 5.13 Å². The second-order valence-electron chi connectivity index (χ2n) is 5.15. The first kappa shape index (κ1) is 15.3. The number of hydrogen-bond acceptors (Lipinski definition) is 4. The number of alkyl halides is 3. The van der Waals surface area contributed by atoms with Gasteiger partial charge in [0.2, 0.25) is 0 Å². The zero-order valence-electron chi connectivity index (χ0n) is 11.9. The molecule has 1 aromatic carbocycles. The average Bonchev–Trinajstić information content (AvgIpc) is 2.88. The van der Waals surface area contributed by atoms with Gasteiger partial charge in [0.05, 0.1) is 22.2 Å². The molecule has 7 heteroatoms. The third-order valence-electron chi connectivity index (χ3n) is 3.63. The number of halogens is 3. The van der Waals surface area contributed by atoms with E-state index in [2.05, 4.69) is 10.3 Å². The largest absolute Gasteiger partial charge is 0.416 e. The van der Waals surface area contributed by atoms with E-state index >= 15 is 0 Å². The lowest BCUT2D eigenvalue weighted by atomic mass is 10.0. The quantitative estimate of drug-likeness (QED) is 0.867. The molecule has 0 aliphatic heterocycles. The summed E-state index contributed by atoms with van der Waals surface area (Å²) >= 11 is 1.45. The number of nitrogens with zero attached hydrogens (tertiary/aromatic N) is 1. The highest BCUT2D eigenvalue weighted by atomic mass is 32.1. The molecular formula is C15H15F3N2OS. The Morgan fingerprint density at radius 3 is 2.91 bits per heavy atom. The van der Waals surface area contributed by atoms with Gasteiger partial charge in [0.1, 0.15) is 0 Å². The number of ether oxygens (including phenoxy) is 1. The molecule has 1 atom stereocenters. The molecule has 2 aromatic rings. The number of nitrogens with one attached hydrogen (secondary N) is 1. The number of rotatable bonds is 3. The third-order valence-corrected chi connectivity index (χ3v) is 4.73. The van der Waals surface area contributed by atoms with Crippen LogP contribution in [0.3, 0.4) is 0 Å². The smallest absolute Gasteiger partial charge is 0.376 e. The van der Waals surface area contributed by atoms with Crippen molar-refractivity contribution in [3.63, 3.8) is 0 Å². The molecule has 0 saturated heterocycles. The number of aromatic nitrogens is 1. The summed E-state index contributed by atoms with van der Waals surface area (Å²) < 4.78 is 43.6. The fraction of sp³-hybridized carbons (Fsp3) is 0.400. The first-order valence-corrected chi connectivity index (χ1v) is 7.75. The van der Waals surface area contributed by atoms with E-state index in [9.17, 15) is 13.2 Å². The molecule has 1 unspecified atom stereocenters. The van der Waals surface area contributed by atoms with E-state index in [0.29, 0.717) is 10.8 Å². The monoisotopic (exact) mass is 328 g/mol. The number of thiazole rings is 1. The van der Waals surface area contributed by atoms with Crippen LogP contribution in [0, 0.1) is 0 Å². The maximum atomic E-state index is 12.7. The zero-order valence-corrected chi connectivity index (χ0v) is 12.7. The summed E-state index contributed by atoms with van der Waals surface area (Å²) in [6.45, 7) is 0. The molecule has 3 rings (SSSR count). The van der Waals surface area contributed by atoms with Crippen molar-refractivity contribution in [1.29, 1.82) is 0 Å². The van der Waals surface area contributed by atoms with Crippen molar-refractivity contribution in [2.24, 2.45) is 0 Å². The standard InChI is InChI=1S/C15H15F3N2OS/c1-21-12-7-3-6-11-13(12)22-14(20-11)19-10-5-2-4-9(8-10)15(16,17)18/h2,4-5,8,12H,3,6-7H2,1H3,(H,19,20). The summed E-state index contributed by atoms with van der Waals surface area (Å²) in [5.74, 6) is 0. The number of anilines is 2. The van der Waals surface area contributed by atoms with Crippen LogP contribution in [0.5, 0.6) is 0 Å². The van der Waals surface area contributed by atoms with E-state index in [-0.39, 0.29) is 6.10 Å². The van der Waals surface area contributed by atoms with Gasteiger partial charge in [0, 0.05) is 12.8 Å². The van der Waals surface area contributed by atoms with Gasteiger partial charge in [-0.1, -0.05) is 17.4 Å². The topological polar surface area (TPSA) is 34.1 Å². The first-order valence-electron chi connectivity index (χ1n) is 6.94. The molecule has 22 heavy (non-hydrogen) atoms. The Labute approximate surface area is 130 Å². The summed E-state index contributed by atoms with van der Waals surface area (Å²) in [7, 11) is 1.67. The fourth-order valence-electron chi connectivity index (χ4n) is 2.56. The van der Waals surface area contributed by atoms with E-state index < -0.39 is 11.7 Å². The van der Waals surface area contributed by atoms with E-state index in [0.717, 1.165) is 42.0 Å². The number of fused-ring (bicyclic) bond motifs is 1. The lowest BCUT2D eigenvalue weighted by molar-refractivity contribution is -0.137. The molecule has 3 nitrogen and oxygen atoms in total. The van der Waals surface area contributed by atoms with E-state index in [4.69, 9.17) is 4.74 Å². The predicted molar refractivity (Wildman–Crippen MR) is 79.5 cm³/mol. The van der Waals surface area contributed by atoms with Crippen LogP contribution >= 0.6 is 11.3 Å². The molecule has 1 aromatic heterocycles. The van der Waals surface area contributed by atoms with Crippen molar-refractivity contribution >= 4 is 22.2 Å². The third kappa shape index (κ3) is 3.10. The lowest BCUT2D eigenvalue weighted by Crippen LogP contribution is -2.08. The van der Waals surface area contributed by atoms with Crippen LogP contribution in [-0.2, 0) is 17.3 Å². The molecule has 1 N–H and O–H groups in total. The average molecular weight is 328 g/mol. The lowest BCUT2D eigenvalue weighted by Gasteiger charge is -2.18. The minimum absolute atomic E-state index is 0.0401. The van der Waals surface area contributed by atoms with Gasteiger partial charge < -0.3 is 10.1 Å². The Balaban J connectivity index is 1.84. The summed E-state index contributed by atoms with van der Waals surface area (Å²) in [4.78, 5) is 5.55. The SMILES string of the molecule is COC1CCCc2nc(Nc3cccc(C(F)(F)F)c3)sc21. The summed E-state index contributed by atoms with van der Waals surface area (Å²) in [6, 6.07) is 5.13. The Morgan fingerprint density at radius 1 is 1.36 bits per heavy atom. The second kappa shape index (κ2) is 5.89. The number of hydrogen-bond donors (Lipinski definition) is 1. The fourth-order valence-corrected chi connectivity index (χ4v) is 3.70. The molecule has 0 bridgehead atoms. The van der Waals surface area contributed by atoms with Crippen molar-refractivity contribution in [3.05, 3.63) is 40.4 Å². The van der Waals surface area contributed by atoms with Crippen molar-refractivity contribution < 1.29 is 17.9 Å². The number of aryl methyl sites for hydroxylation is 1. The van der Waals surface area contributed by atoms with Crippen LogP contribution in [0.15, 0.2) is 24.3 Å². The van der Waals surface area contributed by atoms with Crippen molar-refractivity contribution in [1.82, 2.24) is 4.98 Å². The highest BCUT2D eigenvalue weighted by Crippen LogP contribution is 2.39. The van der Waals surface area contributed by atoms with Gasteiger partial charge in [-0.05, 0) is 37.5 Å². The molecule has 1 heterocycles. The highest BCUT2D eigenvalue weighted by Gasteiger charge is 2.30. The van der Waals surface area contributed by atoms with Gasteiger partial charge in [-0.15, -0.1) is 0 Å². The Morgan fingerprint density at radius 2 is 2.18 bits per heavy atom. The van der Waals surface area contributed by atoms with Crippen LogP contribution < -0.4 is 5.32 Å². The predicted octanol–water partition coefficient (Wildman–Crippen LogP) is 4.93. The van der Waals surface area contributed by atoms with Crippen LogP contribution in [0.2, 0.25) is 0 Å². The van der Waals surface area contributed by atoms with Crippen LogP contribution in [-0.4, -0.2) is 12.1 Å². The molecule has 1 aliphatic carbocycles. The van der Waals surface area contributed by atoms with Crippen LogP contribution in [0.25, 0.3) is 0 Å². The molecule has 0 spiro atoms. The maximum absolute atomic E-state index is 12.7. The van der Waals surface area contributed by atoms with Gasteiger partial charge in [-0.25, -0.2) is 4.98 Å². The van der Waals surface area contributed by atoms with Crippen molar-refractivity contribution in [3.8, 4) is 0 Å². The Bertz CT molecular complexity index is 669. The minimum atomic E-state index is -4.35. The van der Waals surface area contributed by atoms with Gasteiger partial charge >= 0.3 is 6.18 Å². The van der Waals surface area contributed by atoms with Gasteiger partial charge in [-0.3, -0.25) is 0 Å². The second-order valence-corrected chi connectivity index (χ2v) is 6.18. The Hall–Kier alpha value is -1.60. The molecule has 1 aliphatic rings. The molecule has 0 amide bonds. The van der Waals surface area contributed by atoms with Gasteiger partial charge in [-0.2, -0.15) is 13.2 Å². The van der Waals surface area contributed by atoms with E-state index in [1.165, 1.54) is 17.4 Å². The Kier molecular flexibility index (Phi) is 4.10. The summed E-state index contributed by atoms with van der Waals surface area (Å²) in [6.07, 6.45) is -1.46. The molecular weight excluding hydrogens is 313 g/mol. The molecule has 0 fully saturated rings. The zero-order chi connectivity index (χ0) is 15.7. The van der Waals surface area contributed by atoms with E-state index in [1.807, 2.05) is 0 Å². The van der Waals surface area contributed by atoms with Crippen molar-refractivity contribution in [2.75, 3.05) is 12.4 Å². The maximum Gasteiger partial charge on any atom is 0.416 e.